The second-order valence-electron chi connectivity index (χ2n) is 6.95. The van der Waals surface area contributed by atoms with E-state index < -0.39 is 0 Å². The highest BCUT2D eigenvalue weighted by atomic mass is 16.5. The molecule has 2 amide bonds. The number of nitrogens with zero attached hydrogens (tertiary/aromatic N) is 2. The summed E-state index contributed by atoms with van der Waals surface area (Å²) in [4.78, 5) is 28.4. The molecule has 2 heterocycles. The molecule has 0 spiro atoms. The lowest BCUT2D eigenvalue weighted by Crippen LogP contribution is -2.40. The number of carbonyl (C=O) groups excluding carboxylic acids is 2. The molecule has 0 bridgehead atoms. The monoisotopic (exact) mass is 336 g/mol. The van der Waals surface area contributed by atoms with Crippen LogP contribution in [-0.2, 0) is 14.3 Å². The molecule has 5 nitrogen and oxygen atoms in total. The van der Waals surface area contributed by atoms with Crippen LogP contribution >= 0.6 is 0 Å². The Morgan fingerprint density at radius 3 is 2.75 bits per heavy atom. The van der Waals surface area contributed by atoms with Gasteiger partial charge in [-0.3, -0.25) is 19.4 Å². The van der Waals surface area contributed by atoms with Crippen molar-refractivity contribution in [1.29, 1.82) is 0 Å². The molecule has 2 aliphatic rings. The Morgan fingerprint density at radius 1 is 1.25 bits per heavy atom. The van der Waals surface area contributed by atoms with Gasteiger partial charge in [0.2, 0.25) is 11.8 Å². The Balaban J connectivity index is 1.81. The molecule has 0 aromatic carbocycles. The molecule has 24 heavy (non-hydrogen) atoms. The fourth-order valence-corrected chi connectivity index (χ4v) is 3.51. The van der Waals surface area contributed by atoms with Gasteiger partial charge in [0.25, 0.3) is 0 Å². The van der Waals surface area contributed by atoms with Crippen molar-refractivity contribution in [1.82, 2.24) is 9.80 Å². The van der Waals surface area contributed by atoms with Crippen LogP contribution in [0.25, 0.3) is 0 Å². The van der Waals surface area contributed by atoms with E-state index in [1.165, 1.54) is 24.2 Å². The highest BCUT2D eigenvalue weighted by molar-refractivity contribution is 6.03. The quantitative estimate of drug-likeness (QED) is 0.350. The van der Waals surface area contributed by atoms with E-state index in [2.05, 4.69) is 18.4 Å². The Hall–Kier alpha value is -1.20. The van der Waals surface area contributed by atoms with Crippen LogP contribution in [0.15, 0.2) is 12.2 Å². The molecule has 0 N–H and O–H groups in total. The van der Waals surface area contributed by atoms with Gasteiger partial charge in [0.1, 0.15) is 6.23 Å². The summed E-state index contributed by atoms with van der Waals surface area (Å²) >= 11 is 0. The van der Waals surface area contributed by atoms with E-state index in [0.717, 1.165) is 38.1 Å². The maximum atomic E-state index is 12.5. The maximum Gasteiger partial charge on any atom is 0.233 e. The van der Waals surface area contributed by atoms with E-state index in [4.69, 9.17) is 4.74 Å². The van der Waals surface area contributed by atoms with Crippen LogP contribution in [0.2, 0.25) is 0 Å². The van der Waals surface area contributed by atoms with Crippen LogP contribution in [0, 0.1) is 5.92 Å². The smallest absolute Gasteiger partial charge is 0.233 e. The van der Waals surface area contributed by atoms with Crippen LogP contribution in [0.1, 0.15) is 58.8 Å². The summed E-state index contributed by atoms with van der Waals surface area (Å²) < 4.78 is 5.80. The first-order valence-corrected chi connectivity index (χ1v) is 9.43. The van der Waals surface area contributed by atoms with E-state index >= 15 is 0 Å². The number of hydrogen-bond donors (Lipinski definition) is 0. The Labute approximate surface area is 146 Å². The molecule has 0 aromatic rings. The number of carbonyl (C=O) groups is 2. The molecule has 2 atom stereocenters. The number of unbranched alkanes of at least 4 members (excludes halogenated alkanes) is 2. The molecule has 0 aliphatic carbocycles. The van der Waals surface area contributed by atoms with Crippen molar-refractivity contribution in [3.05, 3.63) is 12.2 Å². The summed E-state index contributed by atoms with van der Waals surface area (Å²) in [6, 6.07) is 0. The zero-order valence-corrected chi connectivity index (χ0v) is 15.3. The van der Waals surface area contributed by atoms with Gasteiger partial charge in [0.15, 0.2) is 0 Å². The van der Waals surface area contributed by atoms with Gasteiger partial charge in [-0.1, -0.05) is 38.8 Å². The molecule has 2 aliphatic heterocycles. The molecule has 0 radical (unpaired) electrons. The van der Waals surface area contributed by atoms with Gasteiger partial charge >= 0.3 is 0 Å². The molecular formula is C19H32N2O3. The number of likely N-dealkylation sites (tertiary alicyclic amines) is 1. The summed E-state index contributed by atoms with van der Waals surface area (Å²) in [5, 5.41) is 0. The van der Waals surface area contributed by atoms with E-state index in [0.29, 0.717) is 19.4 Å². The summed E-state index contributed by atoms with van der Waals surface area (Å²) in [6.45, 7) is 11.0. The fraction of sp³-hybridized carbons (Fsp3) is 0.789. The second kappa shape index (κ2) is 9.33. The normalized spacial score (nSPS) is 25.0. The molecular weight excluding hydrogens is 304 g/mol. The van der Waals surface area contributed by atoms with Crippen LogP contribution < -0.4 is 0 Å². The molecule has 5 heteroatoms. The van der Waals surface area contributed by atoms with Gasteiger partial charge in [-0.2, -0.15) is 0 Å². The number of amides is 2. The largest absolute Gasteiger partial charge is 0.362 e. The van der Waals surface area contributed by atoms with Gasteiger partial charge in [0.05, 0.1) is 12.5 Å². The Morgan fingerprint density at radius 2 is 2.04 bits per heavy atom. The summed E-state index contributed by atoms with van der Waals surface area (Å²) in [5.41, 5.74) is 1.05. The third kappa shape index (κ3) is 4.90. The van der Waals surface area contributed by atoms with Crippen LogP contribution in [0.3, 0.4) is 0 Å². The molecule has 2 fully saturated rings. The molecule has 0 saturated carbocycles. The first-order valence-electron chi connectivity index (χ1n) is 9.43. The minimum Gasteiger partial charge on any atom is -0.362 e. The van der Waals surface area contributed by atoms with Gasteiger partial charge in [0, 0.05) is 26.1 Å². The minimum absolute atomic E-state index is 0.0164. The average Bonchev–Trinajstić information content (AvgIpc) is 3.11. The Bertz CT molecular complexity index is 464. The zero-order valence-electron chi connectivity index (χ0n) is 15.3. The summed E-state index contributed by atoms with van der Waals surface area (Å²) in [6.07, 6.45) is 6.63. The number of imide groups is 1. The van der Waals surface area contributed by atoms with Gasteiger partial charge < -0.3 is 4.74 Å². The molecule has 0 aromatic heterocycles. The van der Waals surface area contributed by atoms with Crippen molar-refractivity contribution in [3.63, 3.8) is 0 Å². The topological polar surface area (TPSA) is 49.9 Å². The average molecular weight is 336 g/mol. The molecule has 2 saturated heterocycles. The summed E-state index contributed by atoms with van der Waals surface area (Å²) in [7, 11) is 0. The highest BCUT2D eigenvalue weighted by Crippen LogP contribution is 2.26. The first-order chi connectivity index (χ1) is 11.6. The van der Waals surface area contributed by atoms with E-state index in [1.807, 2.05) is 6.92 Å². The lowest BCUT2D eigenvalue weighted by Gasteiger charge is -2.25. The second-order valence-corrected chi connectivity index (χ2v) is 6.95. The Kier molecular flexibility index (Phi) is 7.43. The lowest BCUT2D eigenvalue weighted by atomic mass is 9.97. The predicted octanol–water partition coefficient (Wildman–Crippen LogP) is 2.96. The minimum atomic E-state index is -0.194. The van der Waals surface area contributed by atoms with Crippen molar-refractivity contribution < 1.29 is 14.3 Å². The number of hydrogen-bond acceptors (Lipinski definition) is 4. The van der Waals surface area contributed by atoms with Gasteiger partial charge in [-0.15, -0.1) is 0 Å². The van der Waals surface area contributed by atoms with E-state index in [1.54, 1.807) is 0 Å². The molecule has 136 valence electrons. The van der Waals surface area contributed by atoms with Crippen LogP contribution in [0.4, 0.5) is 0 Å². The van der Waals surface area contributed by atoms with Gasteiger partial charge in [-0.25, -0.2) is 0 Å². The maximum absolute atomic E-state index is 12.5. The van der Waals surface area contributed by atoms with Gasteiger partial charge in [-0.05, 0) is 25.7 Å². The number of rotatable bonds is 10. The third-order valence-corrected chi connectivity index (χ3v) is 5.13. The highest BCUT2D eigenvalue weighted by Gasteiger charge is 2.38. The first kappa shape index (κ1) is 19.1. The van der Waals surface area contributed by atoms with Crippen LogP contribution in [-0.4, -0.2) is 54.1 Å². The molecule has 2 unspecified atom stereocenters. The SMILES string of the molecule is C=C(CC)CC1CC(=O)N(CCN2CCOC2CCCCC)C1=O. The standard InChI is InChI=1S/C19H32N2O3/c1-4-6-7-8-18-20(11-12-24-18)9-10-21-17(22)14-16(19(21)23)13-15(3)5-2/h16,18H,3-14H2,1-2H3. The predicted molar refractivity (Wildman–Crippen MR) is 94.3 cm³/mol. The van der Waals surface area contributed by atoms with Crippen molar-refractivity contribution >= 4 is 11.8 Å². The van der Waals surface area contributed by atoms with Crippen molar-refractivity contribution in [2.24, 2.45) is 5.92 Å². The number of allylic oxidation sites excluding steroid dienone is 1. The van der Waals surface area contributed by atoms with Crippen molar-refractivity contribution in [2.45, 2.75) is 65.0 Å². The van der Waals surface area contributed by atoms with Crippen molar-refractivity contribution in [3.8, 4) is 0 Å². The van der Waals surface area contributed by atoms with Crippen molar-refractivity contribution in [2.75, 3.05) is 26.2 Å². The number of ether oxygens (including phenoxy) is 1. The zero-order chi connectivity index (χ0) is 17.5. The van der Waals surface area contributed by atoms with E-state index in [-0.39, 0.29) is 24.0 Å². The van der Waals surface area contributed by atoms with E-state index in [9.17, 15) is 9.59 Å². The summed E-state index contributed by atoms with van der Waals surface area (Å²) in [5.74, 6) is -0.242. The molecule has 2 rings (SSSR count). The third-order valence-electron chi connectivity index (χ3n) is 5.13. The lowest BCUT2D eigenvalue weighted by molar-refractivity contribution is -0.139. The van der Waals surface area contributed by atoms with Crippen LogP contribution in [0.5, 0.6) is 0 Å². The fourth-order valence-electron chi connectivity index (χ4n) is 3.51.